The van der Waals surface area contributed by atoms with Crippen molar-refractivity contribution in [3.8, 4) is 0 Å². The van der Waals surface area contributed by atoms with Gasteiger partial charge in [0.2, 0.25) is 0 Å². The van der Waals surface area contributed by atoms with Gasteiger partial charge in [0.05, 0.1) is 0 Å². The predicted octanol–water partition coefficient (Wildman–Crippen LogP) is 0.766. The summed E-state index contributed by atoms with van der Waals surface area (Å²) in [6.45, 7) is 7.51. The van der Waals surface area contributed by atoms with E-state index >= 15 is 0 Å². The summed E-state index contributed by atoms with van der Waals surface area (Å²) < 4.78 is 0. The van der Waals surface area contributed by atoms with E-state index in [-0.39, 0.29) is 0 Å². The monoisotopic (exact) mass is 211 g/mol. The van der Waals surface area contributed by atoms with E-state index in [0.717, 1.165) is 6.04 Å². The molecule has 1 N–H and O–H groups in total. The van der Waals surface area contributed by atoms with Crippen LogP contribution in [0.4, 0.5) is 0 Å². The van der Waals surface area contributed by atoms with Crippen molar-refractivity contribution < 1.29 is 0 Å². The smallest absolute Gasteiger partial charge is 0.0109 e. The van der Waals surface area contributed by atoms with Crippen LogP contribution in [0.15, 0.2) is 0 Å². The molecule has 0 radical (unpaired) electrons. The fraction of sp³-hybridized carbons (Fsp3) is 1.00. The molecule has 1 saturated heterocycles. The maximum Gasteiger partial charge on any atom is 0.0109 e. The highest BCUT2D eigenvalue weighted by molar-refractivity contribution is 4.80. The van der Waals surface area contributed by atoms with E-state index in [1.807, 2.05) is 0 Å². The lowest BCUT2D eigenvalue weighted by Gasteiger charge is -2.21. The summed E-state index contributed by atoms with van der Waals surface area (Å²) in [6, 6.07) is 0.858. The van der Waals surface area contributed by atoms with Crippen LogP contribution in [0.25, 0.3) is 0 Å². The van der Waals surface area contributed by atoms with Gasteiger partial charge in [-0.15, -0.1) is 0 Å². The van der Waals surface area contributed by atoms with Crippen LogP contribution < -0.4 is 5.32 Å². The molecular formula is C12H25N3. The second-order valence-electron chi connectivity index (χ2n) is 5.08. The molecule has 0 amide bonds. The highest BCUT2D eigenvalue weighted by atomic mass is 15.2. The van der Waals surface area contributed by atoms with Gasteiger partial charge in [-0.2, -0.15) is 0 Å². The molecule has 2 aliphatic rings. The summed E-state index contributed by atoms with van der Waals surface area (Å²) in [5.74, 6) is 0. The number of nitrogens with zero attached hydrogens (tertiary/aromatic N) is 2. The van der Waals surface area contributed by atoms with Gasteiger partial charge in [0.1, 0.15) is 0 Å². The quantitative estimate of drug-likeness (QED) is 0.671. The molecule has 0 aromatic rings. The zero-order valence-electron chi connectivity index (χ0n) is 10.0. The lowest BCUT2D eigenvalue weighted by molar-refractivity contribution is 0.257. The summed E-state index contributed by atoms with van der Waals surface area (Å²) in [5.41, 5.74) is 0. The molecule has 0 aromatic heterocycles. The van der Waals surface area contributed by atoms with E-state index in [9.17, 15) is 0 Å². The number of nitrogens with one attached hydrogen (secondary N) is 1. The Bertz CT molecular complexity index is 174. The predicted molar refractivity (Wildman–Crippen MR) is 64.2 cm³/mol. The van der Waals surface area contributed by atoms with E-state index in [0.29, 0.717) is 0 Å². The molecule has 2 rings (SSSR count). The fourth-order valence-corrected chi connectivity index (χ4v) is 2.18. The topological polar surface area (TPSA) is 18.5 Å². The van der Waals surface area contributed by atoms with Gasteiger partial charge in [-0.25, -0.2) is 0 Å². The van der Waals surface area contributed by atoms with Crippen LogP contribution in [0.1, 0.15) is 25.7 Å². The minimum absolute atomic E-state index is 0.858. The average Bonchev–Trinajstić information content (AvgIpc) is 2.91. The molecule has 88 valence electrons. The first-order chi connectivity index (χ1) is 7.34. The van der Waals surface area contributed by atoms with Crippen molar-refractivity contribution in [3.63, 3.8) is 0 Å². The summed E-state index contributed by atoms with van der Waals surface area (Å²) in [6.07, 6.45) is 5.62. The van der Waals surface area contributed by atoms with Gasteiger partial charge in [0, 0.05) is 32.2 Å². The Balaban J connectivity index is 1.45. The Morgan fingerprint density at radius 2 is 1.93 bits per heavy atom. The summed E-state index contributed by atoms with van der Waals surface area (Å²) in [5, 5.41) is 3.56. The van der Waals surface area contributed by atoms with E-state index in [1.54, 1.807) is 0 Å². The van der Waals surface area contributed by atoms with Gasteiger partial charge in [-0.05, 0) is 45.8 Å². The minimum atomic E-state index is 0.858. The van der Waals surface area contributed by atoms with Crippen LogP contribution in [0, 0.1) is 0 Å². The molecule has 15 heavy (non-hydrogen) atoms. The second kappa shape index (κ2) is 5.83. The number of likely N-dealkylation sites (tertiary alicyclic amines) is 1. The molecular weight excluding hydrogens is 186 g/mol. The van der Waals surface area contributed by atoms with Gasteiger partial charge in [-0.3, -0.25) is 0 Å². The van der Waals surface area contributed by atoms with Crippen molar-refractivity contribution in [3.05, 3.63) is 0 Å². The Morgan fingerprint density at radius 1 is 1.20 bits per heavy atom. The molecule has 1 heterocycles. The molecule has 3 heteroatoms. The van der Waals surface area contributed by atoms with Crippen LogP contribution in [0.5, 0.6) is 0 Å². The molecule has 0 atom stereocenters. The van der Waals surface area contributed by atoms with E-state index in [1.165, 1.54) is 65.0 Å². The van der Waals surface area contributed by atoms with Crippen molar-refractivity contribution in [2.24, 2.45) is 0 Å². The van der Waals surface area contributed by atoms with Crippen molar-refractivity contribution in [2.45, 2.75) is 31.7 Å². The van der Waals surface area contributed by atoms with Gasteiger partial charge in [0.15, 0.2) is 0 Å². The zero-order valence-corrected chi connectivity index (χ0v) is 10.0. The SMILES string of the molecule is CN(CCNC1CC1)CCN1CCCC1. The lowest BCUT2D eigenvalue weighted by atomic mass is 10.4. The summed E-state index contributed by atoms with van der Waals surface area (Å²) in [4.78, 5) is 5.04. The third-order valence-electron chi connectivity index (χ3n) is 3.50. The molecule has 3 nitrogen and oxygen atoms in total. The van der Waals surface area contributed by atoms with Crippen LogP contribution in [0.3, 0.4) is 0 Å². The Morgan fingerprint density at radius 3 is 2.60 bits per heavy atom. The molecule has 0 spiro atoms. The summed E-state index contributed by atoms with van der Waals surface area (Å²) in [7, 11) is 2.24. The Hall–Kier alpha value is -0.120. The van der Waals surface area contributed by atoms with Gasteiger partial charge in [-0.1, -0.05) is 0 Å². The Labute approximate surface area is 93.8 Å². The van der Waals surface area contributed by atoms with Crippen molar-refractivity contribution in [2.75, 3.05) is 46.3 Å². The number of hydrogen-bond donors (Lipinski definition) is 1. The standard InChI is InChI=1S/C12H25N3/c1-14(9-6-13-12-4-5-12)10-11-15-7-2-3-8-15/h12-13H,2-11H2,1H3. The fourth-order valence-electron chi connectivity index (χ4n) is 2.18. The van der Waals surface area contributed by atoms with Gasteiger partial charge in [0.25, 0.3) is 0 Å². The molecule has 0 unspecified atom stereocenters. The molecule has 2 fully saturated rings. The van der Waals surface area contributed by atoms with Gasteiger partial charge < -0.3 is 15.1 Å². The first-order valence-corrected chi connectivity index (χ1v) is 6.49. The van der Waals surface area contributed by atoms with E-state index in [4.69, 9.17) is 0 Å². The van der Waals surface area contributed by atoms with Crippen LogP contribution in [-0.2, 0) is 0 Å². The third kappa shape index (κ3) is 4.49. The van der Waals surface area contributed by atoms with E-state index in [2.05, 4.69) is 22.2 Å². The highest BCUT2D eigenvalue weighted by Gasteiger charge is 2.19. The molecule has 0 aromatic carbocycles. The Kier molecular flexibility index (Phi) is 4.42. The number of rotatable bonds is 7. The molecule has 1 aliphatic carbocycles. The molecule has 0 bridgehead atoms. The summed E-state index contributed by atoms with van der Waals surface area (Å²) >= 11 is 0. The minimum Gasteiger partial charge on any atom is -0.313 e. The molecule has 1 saturated carbocycles. The maximum absolute atomic E-state index is 3.56. The van der Waals surface area contributed by atoms with Crippen LogP contribution in [-0.4, -0.2) is 62.2 Å². The lowest BCUT2D eigenvalue weighted by Crippen LogP contribution is -2.35. The van der Waals surface area contributed by atoms with Crippen LogP contribution in [0.2, 0.25) is 0 Å². The van der Waals surface area contributed by atoms with Crippen molar-refractivity contribution >= 4 is 0 Å². The molecule has 1 aliphatic heterocycles. The first-order valence-electron chi connectivity index (χ1n) is 6.49. The first kappa shape index (κ1) is 11.4. The third-order valence-corrected chi connectivity index (χ3v) is 3.50. The second-order valence-corrected chi connectivity index (χ2v) is 5.08. The normalized spacial score (nSPS) is 22.8. The van der Waals surface area contributed by atoms with Crippen LogP contribution >= 0.6 is 0 Å². The van der Waals surface area contributed by atoms with Crippen molar-refractivity contribution in [1.29, 1.82) is 0 Å². The number of likely N-dealkylation sites (N-methyl/N-ethyl adjacent to an activating group) is 1. The highest BCUT2D eigenvalue weighted by Crippen LogP contribution is 2.17. The average molecular weight is 211 g/mol. The maximum atomic E-state index is 3.56. The van der Waals surface area contributed by atoms with Gasteiger partial charge >= 0.3 is 0 Å². The number of hydrogen-bond acceptors (Lipinski definition) is 3. The zero-order chi connectivity index (χ0) is 10.5. The van der Waals surface area contributed by atoms with E-state index < -0.39 is 0 Å². The van der Waals surface area contributed by atoms with Crippen molar-refractivity contribution in [1.82, 2.24) is 15.1 Å². The largest absolute Gasteiger partial charge is 0.313 e.